The first-order chi connectivity index (χ1) is 12.6. The Labute approximate surface area is 155 Å². The van der Waals surface area contributed by atoms with Gasteiger partial charge in [0.05, 0.1) is 21.9 Å². The molecule has 1 saturated carbocycles. The van der Waals surface area contributed by atoms with Crippen molar-refractivity contribution in [2.45, 2.75) is 49.4 Å². The van der Waals surface area contributed by atoms with Crippen molar-refractivity contribution < 1.29 is 9.32 Å². The molecule has 0 aliphatic heterocycles. The van der Waals surface area contributed by atoms with Gasteiger partial charge < -0.3 is 9.84 Å². The van der Waals surface area contributed by atoms with Gasteiger partial charge in [-0.25, -0.2) is 4.98 Å². The summed E-state index contributed by atoms with van der Waals surface area (Å²) < 4.78 is 5.28. The SMILES string of the molecule is CC(C)c1noc(CSc2cc(C(=O)NC3CC3)c3ccccc3n2)n1. The summed E-state index contributed by atoms with van der Waals surface area (Å²) in [6.45, 7) is 4.05. The lowest BCUT2D eigenvalue weighted by Gasteiger charge is -2.09. The number of carbonyl (C=O) groups is 1. The molecular formula is C19H20N4O2S. The molecule has 0 saturated heterocycles. The van der Waals surface area contributed by atoms with Gasteiger partial charge in [-0.1, -0.05) is 49.0 Å². The molecule has 0 bridgehead atoms. The van der Waals surface area contributed by atoms with E-state index in [2.05, 4.69) is 20.4 Å². The Hall–Kier alpha value is -2.41. The van der Waals surface area contributed by atoms with Gasteiger partial charge >= 0.3 is 0 Å². The van der Waals surface area contributed by atoms with Gasteiger partial charge in [0.2, 0.25) is 5.89 Å². The number of nitrogens with zero attached hydrogens (tertiary/aromatic N) is 3. The maximum Gasteiger partial charge on any atom is 0.252 e. The van der Waals surface area contributed by atoms with Crippen LogP contribution in [0.25, 0.3) is 10.9 Å². The van der Waals surface area contributed by atoms with Crippen LogP contribution in [-0.2, 0) is 5.75 Å². The van der Waals surface area contributed by atoms with Crippen molar-refractivity contribution in [3.63, 3.8) is 0 Å². The van der Waals surface area contributed by atoms with Crippen LogP contribution in [0.1, 0.15) is 54.7 Å². The van der Waals surface area contributed by atoms with Gasteiger partial charge in [-0.3, -0.25) is 4.79 Å². The van der Waals surface area contributed by atoms with E-state index in [1.807, 2.05) is 44.2 Å². The van der Waals surface area contributed by atoms with Crippen molar-refractivity contribution in [2.24, 2.45) is 0 Å². The maximum absolute atomic E-state index is 12.6. The second-order valence-electron chi connectivity index (χ2n) is 6.76. The van der Waals surface area contributed by atoms with E-state index in [9.17, 15) is 4.79 Å². The lowest BCUT2D eigenvalue weighted by molar-refractivity contribution is 0.0952. The van der Waals surface area contributed by atoms with Crippen molar-refractivity contribution in [1.29, 1.82) is 0 Å². The molecule has 2 aromatic heterocycles. The van der Waals surface area contributed by atoms with Crippen LogP contribution in [0.4, 0.5) is 0 Å². The predicted molar refractivity (Wildman–Crippen MR) is 100 cm³/mol. The summed E-state index contributed by atoms with van der Waals surface area (Å²) in [4.78, 5) is 21.7. The number of benzene rings is 1. The van der Waals surface area contributed by atoms with Crippen LogP contribution in [0.15, 0.2) is 39.9 Å². The molecule has 1 amide bonds. The quantitative estimate of drug-likeness (QED) is 0.664. The zero-order valence-corrected chi connectivity index (χ0v) is 15.5. The van der Waals surface area contributed by atoms with Crippen molar-refractivity contribution >= 4 is 28.6 Å². The van der Waals surface area contributed by atoms with Gasteiger partial charge in [0.1, 0.15) is 0 Å². The molecule has 1 aromatic carbocycles. The first kappa shape index (κ1) is 17.0. The van der Waals surface area contributed by atoms with Crippen LogP contribution < -0.4 is 5.32 Å². The summed E-state index contributed by atoms with van der Waals surface area (Å²) in [5, 5.41) is 8.68. The Morgan fingerprint density at radius 1 is 1.31 bits per heavy atom. The van der Waals surface area contributed by atoms with Crippen molar-refractivity contribution in [2.75, 3.05) is 0 Å². The minimum Gasteiger partial charge on any atom is -0.349 e. The molecule has 2 heterocycles. The minimum absolute atomic E-state index is 0.0344. The molecule has 4 rings (SSSR count). The highest BCUT2D eigenvalue weighted by Crippen LogP contribution is 2.27. The average molecular weight is 368 g/mol. The van der Waals surface area contributed by atoms with E-state index >= 15 is 0 Å². The number of nitrogens with one attached hydrogen (secondary N) is 1. The van der Waals surface area contributed by atoms with Crippen molar-refractivity contribution in [3.05, 3.63) is 47.6 Å². The molecule has 0 radical (unpaired) electrons. The van der Waals surface area contributed by atoms with E-state index in [-0.39, 0.29) is 11.8 Å². The first-order valence-electron chi connectivity index (χ1n) is 8.76. The fourth-order valence-electron chi connectivity index (χ4n) is 2.60. The number of hydrogen-bond donors (Lipinski definition) is 1. The molecule has 134 valence electrons. The summed E-state index contributed by atoms with van der Waals surface area (Å²) in [5.41, 5.74) is 1.48. The molecule has 0 unspecified atom stereocenters. The maximum atomic E-state index is 12.6. The first-order valence-corrected chi connectivity index (χ1v) is 9.74. The molecule has 3 aromatic rings. The predicted octanol–water partition coefficient (Wildman–Crippen LogP) is 3.93. The third-order valence-corrected chi connectivity index (χ3v) is 5.09. The molecule has 0 spiro atoms. The summed E-state index contributed by atoms with van der Waals surface area (Å²) in [6, 6.07) is 9.89. The van der Waals surface area contributed by atoms with Crippen LogP contribution in [0, 0.1) is 0 Å². The molecule has 1 fully saturated rings. The van der Waals surface area contributed by atoms with E-state index in [1.54, 1.807) is 0 Å². The Bertz CT molecular complexity index is 950. The van der Waals surface area contributed by atoms with Gasteiger partial charge in [0, 0.05) is 17.3 Å². The van der Waals surface area contributed by atoms with E-state index in [4.69, 9.17) is 4.52 Å². The Morgan fingerprint density at radius 3 is 2.85 bits per heavy atom. The largest absolute Gasteiger partial charge is 0.349 e. The summed E-state index contributed by atoms with van der Waals surface area (Å²) >= 11 is 1.49. The number of fused-ring (bicyclic) bond motifs is 1. The highest BCUT2D eigenvalue weighted by Gasteiger charge is 2.25. The highest BCUT2D eigenvalue weighted by molar-refractivity contribution is 7.98. The van der Waals surface area contributed by atoms with Gasteiger partial charge in [0.15, 0.2) is 5.82 Å². The topological polar surface area (TPSA) is 80.9 Å². The van der Waals surface area contributed by atoms with Gasteiger partial charge in [-0.2, -0.15) is 4.98 Å². The normalized spacial score (nSPS) is 14.1. The highest BCUT2D eigenvalue weighted by atomic mass is 32.2. The third kappa shape index (κ3) is 3.72. The third-order valence-electron chi connectivity index (χ3n) is 4.19. The smallest absolute Gasteiger partial charge is 0.252 e. The summed E-state index contributed by atoms with van der Waals surface area (Å²) in [6.07, 6.45) is 2.12. The van der Waals surface area contributed by atoms with E-state index < -0.39 is 0 Å². The van der Waals surface area contributed by atoms with Crippen LogP contribution in [0.2, 0.25) is 0 Å². The van der Waals surface area contributed by atoms with Crippen LogP contribution in [0.5, 0.6) is 0 Å². The van der Waals surface area contributed by atoms with Gasteiger partial charge in [-0.15, -0.1) is 0 Å². The lowest BCUT2D eigenvalue weighted by Crippen LogP contribution is -2.25. The number of carbonyl (C=O) groups excluding carboxylic acids is 1. The number of thioether (sulfide) groups is 1. The molecule has 0 atom stereocenters. The Kier molecular flexibility index (Phi) is 4.63. The number of aromatic nitrogens is 3. The van der Waals surface area contributed by atoms with Crippen LogP contribution in [0.3, 0.4) is 0 Å². The summed E-state index contributed by atoms with van der Waals surface area (Å²) in [5.74, 6) is 1.99. The number of pyridine rings is 1. The van der Waals surface area contributed by atoms with E-state index in [0.717, 1.165) is 28.8 Å². The molecular weight excluding hydrogens is 348 g/mol. The Balaban J connectivity index is 1.58. The molecule has 7 heteroatoms. The fourth-order valence-corrected chi connectivity index (χ4v) is 3.35. The molecule has 6 nitrogen and oxygen atoms in total. The molecule has 1 aliphatic carbocycles. The van der Waals surface area contributed by atoms with Crippen molar-refractivity contribution in [1.82, 2.24) is 20.4 Å². The van der Waals surface area contributed by atoms with E-state index in [1.165, 1.54) is 11.8 Å². The Morgan fingerprint density at radius 2 is 2.12 bits per heavy atom. The monoisotopic (exact) mass is 368 g/mol. The summed E-state index contributed by atoms with van der Waals surface area (Å²) in [7, 11) is 0. The lowest BCUT2D eigenvalue weighted by atomic mass is 10.1. The average Bonchev–Trinajstić information content (AvgIpc) is 3.32. The standard InChI is InChI=1S/C19H20N4O2S/c1-11(2)18-22-16(25-23-18)10-26-17-9-14(19(24)20-12-7-8-12)13-5-3-4-6-15(13)21-17/h3-6,9,11-12H,7-8,10H2,1-2H3,(H,20,24). The second kappa shape index (κ2) is 7.07. The van der Waals surface area contributed by atoms with Gasteiger partial charge in [-0.05, 0) is 25.0 Å². The van der Waals surface area contributed by atoms with Gasteiger partial charge in [0.25, 0.3) is 5.91 Å². The zero-order chi connectivity index (χ0) is 18.1. The number of hydrogen-bond acceptors (Lipinski definition) is 6. The molecule has 1 aliphatic rings. The number of amides is 1. The number of rotatable bonds is 6. The van der Waals surface area contributed by atoms with Crippen LogP contribution >= 0.6 is 11.8 Å². The number of para-hydroxylation sites is 1. The second-order valence-corrected chi connectivity index (χ2v) is 7.76. The van der Waals surface area contributed by atoms with Crippen molar-refractivity contribution in [3.8, 4) is 0 Å². The molecule has 26 heavy (non-hydrogen) atoms. The molecule has 1 N–H and O–H groups in total. The fraction of sp³-hybridized carbons (Fsp3) is 0.368. The van der Waals surface area contributed by atoms with E-state index in [0.29, 0.717) is 29.1 Å². The zero-order valence-electron chi connectivity index (χ0n) is 14.7. The van der Waals surface area contributed by atoms with Crippen LogP contribution in [-0.4, -0.2) is 27.1 Å². The minimum atomic E-state index is -0.0344.